The number of aliphatic hydroxyl groups excluding tert-OH is 2. The summed E-state index contributed by atoms with van der Waals surface area (Å²) in [6, 6.07) is 4.14. The first kappa shape index (κ1) is 27.9. The number of hydrogen-bond acceptors (Lipinski definition) is 9. The second kappa shape index (κ2) is 11.9. The maximum absolute atomic E-state index is 12.0. The van der Waals surface area contributed by atoms with E-state index in [0.29, 0.717) is 5.56 Å². The highest BCUT2D eigenvalue weighted by Crippen LogP contribution is 2.26. The van der Waals surface area contributed by atoms with E-state index in [1.54, 1.807) is 26.8 Å². The lowest BCUT2D eigenvalue weighted by Gasteiger charge is -2.19. The molecule has 0 heterocycles. The zero-order valence-corrected chi connectivity index (χ0v) is 17.6. The number of rotatable bonds is 8. The Hall–Kier alpha value is -3.09. The summed E-state index contributed by atoms with van der Waals surface area (Å²) in [5, 5.41) is 43.7. The molecule has 3 atom stereocenters. The maximum Gasteiger partial charge on any atom is 0.345 e. The predicted octanol–water partition coefficient (Wildman–Crippen LogP) is 1.23. The standard InChI is InChI=1S/C15H22N2O4.C4H6O6/c1-5-6-12(16)10-7-8-11(13(9-10)17(19)20)14(18)21-15(2,3)4;5-1(3(7)8)2(6)4(9)10/h7-9,12H,5-6,16H2,1-4H3;1-2,5-6H,(H,7,8)(H,9,10)/t12-;/m1./s1. The number of nitro benzene ring substituents is 1. The molecule has 0 fully saturated rings. The van der Waals surface area contributed by atoms with Gasteiger partial charge in [-0.1, -0.05) is 19.4 Å². The van der Waals surface area contributed by atoms with Gasteiger partial charge in [0.05, 0.1) is 4.92 Å². The third kappa shape index (κ3) is 9.51. The van der Waals surface area contributed by atoms with Crippen molar-refractivity contribution >= 4 is 23.6 Å². The zero-order chi connectivity index (χ0) is 24.5. The largest absolute Gasteiger partial charge is 0.479 e. The van der Waals surface area contributed by atoms with Crippen LogP contribution in [0.2, 0.25) is 0 Å². The number of nitrogens with two attached hydrogens (primary N) is 1. The first-order valence-corrected chi connectivity index (χ1v) is 9.21. The number of carbonyl (C=O) groups is 3. The Morgan fingerprint density at radius 2 is 1.61 bits per heavy atom. The molecular weight excluding hydrogens is 416 g/mol. The number of carboxylic acids is 2. The zero-order valence-electron chi connectivity index (χ0n) is 17.6. The van der Waals surface area contributed by atoms with Crippen molar-refractivity contribution < 1.29 is 44.5 Å². The minimum atomic E-state index is -2.27. The van der Waals surface area contributed by atoms with E-state index in [1.807, 2.05) is 6.92 Å². The molecule has 0 aliphatic rings. The van der Waals surface area contributed by atoms with Gasteiger partial charge in [-0.05, 0) is 38.8 Å². The molecule has 12 nitrogen and oxygen atoms in total. The van der Waals surface area contributed by atoms with Crippen LogP contribution in [0.25, 0.3) is 0 Å². The van der Waals surface area contributed by atoms with Crippen molar-refractivity contribution in [3.05, 3.63) is 39.4 Å². The molecule has 31 heavy (non-hydrogen) atoms. The summed E-state index contributed by atoms with van der Waals surface area (Å²) in [4.78, 5) is 42.2. The van der Waals surface area contributed by atoms with Crippen molar-refractivity contribution in [3.8, 4) is 0 Å². The smallest absolute Gasteiger partial charge is 0.345 e. The Balaban J connectivity index is 0.000000759. The number of esters is 1. The van der Waals surface area contributed by atoms with E-state index < -0.39 is 40.6 Å². The SMILES string of the molecule is CCC[C@@H](N)c1ccc(C(=O)OC(C)(C)C)c([N+](=O)[O-])c1.O=C(O)C(O)C(O)C(=O)O. The molecule has 0 saturated carbocycles. The first-order chi connectivity index (χ1) is 14.1. The molecule has 1 rings (SSSR count). The van der Waals surface area contributed by atoms with Gasteiger partial charge in [0.25, 0.3) is 5.69 Å². The lowest BCUT2D eigenvalue weighted by molar-refractivity contribution is -0.385. The molecule has 2 unspecified atom stereocenters. The number of ether oxygens (including phenoxy) is 1. The number of aliphatic hydroxyl groups is 2. The van der Waals surface area contributed by atoms with E-state index in [0.717, 1.165) is 12.8 Å². The molecule has 1 aromatic rings. The monoisotopic (exact) mass is 444 g/mol. The first-order valence-electron chi connectivity index (χ1n) is 9.21. The van der Waals surface area contributed by atoms with E-state index in [1.165, 1.54) is 12.1 Å². The van der Waals surface area contributed by atoms with Crippen LogP contribution < -0.4 is 5.73 Å². The molecule has 0 bridgehead atoms. The predicted molar refractivity (Wildman–Crippen MR) is 107 cm³/mol. The van der Waals surface area contributed by atoms with Gasteiger partial charge >= 0.3 is 17.9 Å². The summed E-state index contributed by atoms with van der Waals surface area (Å²) in [6.45, 7) is 7.12. The van der Waals surface area contributed by atoms with Gasteiger partial charge in [-0.2, -0.15) is 0 Å². The molecule has 0 radical (unpaired) electrons. The highest BCUT2D eigenvalue weighted by Gasteiger charge is 2.29. The van der Waals surface area contributed by atoms with Crippen molar-refractivity contribution in [1.29, 1.82) is 0 Å². The molecule has 0 aliphatic carbocycles. The Morgan fingerprint density at radius 3 is 1.97 bits per heavy atom. The van der Waals surface area contributed by atoms with Gasteiger partial charge in [-0.25, -0.2) is 14.4 Å². The minimum absolute atomic E-state index is 0.0534. The van der Waals surface area contributed by atoms with Crippen LogP contribution in [-0.2, 0) is 14.3 Å². The van der Waals surface area contributed by atoms with E-state index >= 15 is 0 Å². The molecule has 0 aliphatic heterocycles. The molecule has 174 valence electrons. The molecule has 1 aromatic carbocycles. The maximum atomic E-state index is 12.0. The number of carbonyl (C=O) groups excluding carboxylic acids is 1. The molecule has 0 spiro atoms. The van der Waals surface area contributed by atoms with Gasteiger partial charge in [-0.3, -0.25) is 10.1 Å². The Bertz CT molecular complexity index is 785. The van der Waals surface area contributed by atoms with Crippen molar-refractivity contribution in [2.75, 3.05) is 0 Å². The summed E-state index contributed by atoms with van der Waals surface area (Å²) in [5.74, 6) is -4.24. The fourth-order valence-corrected chi connectivity index (χ4v) is 2.18. The van der Waals surface area contributed by atoms with Crippen molar-refractivity contribution in [1.82, 2.24) is 0 Å². The third-order valence-corrected chi connectivity index (χ3v) is 3.67. The summed E-state index contributed by atoms with van der Waals surface area (Å²) < 4.78 is 5.19. The average Bonchev–Trinajstić information content (AvgIpc) is 2.65. The summed E-state index contributed by atoms with van der Waals surface area (Å²) >= 11 is 0. The molecule has 0 aromatic heterocycles. The van der Waals surface area contributed by atoms with Crippen LogP contribution in [0.1, 0.15) is 62.5 Å². The van der Waals surface area contributed by atoms with Crippen LogP contribution in [0.15, 0.2) is 18.2 Å². The van der Waals surface area contributed by atoms with Gasteiger partial charge in [0.15, 0.2) is 12.2 Å². The molecule has 0 amide bonds. The number of carboxylic acid groups (broad SMARTS) is 2. The molecular formula is C19H28N2O10. The third-order valence-electron chi connectivity index (χ3n) is 3.67. The fourth-order valence-electron chi connectivity index (χ4n) is 2.18. The van der Waals surface area contributed by atoms with Crippen LogP contribution in [-0.4, -0.2) is 61.1 Å². The van der Waals surface area contributed by atoms with Crippen molar-refractivity contribution in [3.63, 3.8) is 0 Å². The average molecular weight is 444 g/mol. The van der Waals surface area contributed by atoms with E-state index in [4.69, 9.17) is 30.9 Å². The van der Waals surface area contributed by atoms with Crippen LogP contribution >= 0.6 is 0 Å². The number of nitro groups is 1. The Labute approximate surface area is 178 Å². The van der Waals surface area contributed by atoms with E-state index in [2.05, 4.69) is 0 Å². The topological polar surface area (TPSA) is 211 Å². The highest BCUT2D eigenvalue weighted by atomic mass is 16.6. The normalized spacial score (nSPS) is 13.8. The van der Waals surface area contributed by atoms with Gasteiger partial charge in [0, 0.05) is 12.1 Å². The Kier molecular flexibility index (Phi) is 10.7. The van der Waals surface area contributed by atoms with E-state index in [-0.39, 0.29) is 17.3 Å². The van der Waals surface area contributed by atoms with Gasteiger partial charge in [0.2, 0.25) is 0 Å². The highest BCUT2D eigenvalue weighted by molar-refractivity contribution is 5.94. The number of benzene rings is 1. The second-order valence-electron chi connectivity index (χ2n) is 7.50. The molecule has 0 saturated heterocycles. The van der Waals surface area contributed by atoms with Crippen LogP contribution in [0.5, 0.6) is 0 Å². The van der Waals surface area contributed by atoms with E-state index in [9.17, 15) is 24.5 Å². The van der Waals surface area contributed by atoms with Gasteiger partial charge in [-0.15, -0.1) is 0 Å². The number of aliphatic carboxylic acids is 2. The lowest BCUT2D eigenvalue weighted by atomic mass is 10.0. The van der Waals surface area contributed by atoms with Gasteiger partial charge < -0.3 is 30.9 Å². The summed E-state index contributed by atoms with van der Waals surface area (Å²) in [6.07, 6.45) is -2.93. The number of nitrogens with zero attached hydrogens (tertiary/aromatic N) is 1. The fraction of sp³-hybridized carbons (Fsp3) is 0.526. The minimum Gasteiger partial charge on any atom is -0.479 e. The summed E-state index contributed by atoms with van der Waals surface area (Å²) in [5.41, 5.74) is 5.58. The molecule has 12 heteroatoms. The van der Waals surface area contributed by atoms with Crippen LogP contribution in [0.3, 0.4) is 0 Å². The lowest BCUT2D eigenvalue weighted by Crippen LogP contribution is -2.39. The summed E-state index contributed by atoms with van der Waals surface area (Å²) in [7, 11) is 0. The second-order valence-corrected chi connectivity index (χ2v) is 7.50. The quantitative estimate of drug-likeness (QED) is 0.218. The molecule has 6 N–H and O–H groups in total. The van der Waals surface area contributed by atoms with Crippen molar-refractivity contribution in [2.24, 2.45) is 5.73 Å². The van der Waals surface area contributed by atoms with Crippen LogP contribution in [0, 0.1) is 10.1 Å². The van der Waals surface area contributed by atoms with Crippen LogP contribution in [0.4, 0.5) is 5.69 Å². The van der Waals surface area contributed by atoms with Crippen molar-refractivity contribution in [2.45, 2.75) is 64.4 Å². The Morgan fingerprint density at radius 1 is 1.13 bits per heavy atom. The number of hydrogen-bond donors (Lipinski definition) is 5. The van der Waals surface area contributed by atoms with Gasteiger partial charge in [0.1, 0.15) is 11.2 Å².